The van der Waals surface area contributed by atoms with Crippen molar-refractivity contribution in [2.75, 3.05) is 12.4 Å². The molecule has 0 spiro atoms. The summed E-state index contributed by atoms with van der Waals surface area (Å²) in [6, 6.07) is 26.9. The molecule has 0 fully saturated rings. The van der Waals surface area contributed by atoms with Gasteiger partial charge < -0.3 is 4.74 Å². The van der Waals surface area contributed by atoms with Gasteiger partial charge in [-0.1, -0.05) is 60.3 Å². The summed E-state index contributed by atoms with van der Waals surface area (Å²) >= 11 is 1.58. The summed E-state index contributed by atoms with van der Waals surface area (Å²) in [7, 11) is 0. The molecule has 140 valence electrons. The van der Waals surface area contributed by atoms with Crippen molar-refractivity contribution in [3.05, 3.63) is 95.3 Å². The van der Waals surface area contributed by atoms with E-state index in [2.05, 4.69) is 0 Å². The van der Waals surface area contributed by atoms with Gasteiger partial charge in [0.05, 0.1) is 23.2 Å². The van der Waals surface area contributed by atoms with Crippen LogP contribution in [-0.2, 0) is 0 Å². The van der Waals surface area contributed by atoms with Gasteiger partial charge in [0, 0.05) is 5.75 Å². The van der Waals surface area contributed by atoms with E-state index >= 15 is 0 Å². The molecule has 0 aliphatic carbocycles. The van der Waals surface area contributed by atoms with Crippen LogP contribution in [0.15, 0.2) is 94.9 Å². The predicted octanol–water partition coefficient (Wildman–Crippen LogP) is 4.95. The van der Waals surface area contributed by atoms with Crippen molar-refractivity contribution >= 4 is 22.7 Å². The molecule has 0 saturated carbocycles. The highest BCUT2D eigenvalue weighted by molar-refractivity contribution is 7.99. The molecule has 28 heavy (non-hydrogen) atoms. The van der Waals surface area contributed by atoms with Crippen LogP contribution in [0.3, 0.4) is 0 Å². The fraction of sp³-hybridized carbons (Fsp3) is 0.130. The molecule has 0 aliphatic rings. The Morgan fingerprint density at radius 3 is 2.32 bits per heavy atom. The largest absolute Gasteiger partial charge is 0.494 e. The highest BCUT2D eigenvalue weighted by Gasteiger charge is 2.12. The maximum atomic E-state index is 13.1. The molecule has 0 bridgehead atoms. The van der Waals surface area contributed by atoms with Crippen molar-refractivity contribution in [2.45, 2.75) is 11.6 Å². The summed E-state index contributed by atoms with van der Waals surface area (Å²) in [6.07, 6.45) is 0.858. The molecule has 0 amide bonds. The van der Waals surface area contributed by atoms with Crippen LogP contribution in [0.5, 0.6) is 5.75 Å². The van der Waals surface area contributed by atoms with Gasteiger partial charge in [-0.3, -0.25) is 9.36 Å². The number of aromatic nitrogens is 2. The summed E-state index contributed by atoms with van der Waals surface area (Å²) in [5.41, 5.74) is 1.51. The second kappa shape index (κ2) is 8.76. The number of hydrogen-bond donors (Lipinski definition) is 0. The first-order valence-electron chi connectivity index (χ1n) is 9.21. The number of para-hydroxylation sites is 3. The zero-order chi connectivity index (χ0) is 19.2. The van der Waals surface area contributed by atoms with Crippen molar-refractivity contribution in [1.82, 2.24) is 9.55 Å². The third-order valence-corrected chi connectivity index (χ3v) is 5.32. The molecule has 0 N–H and O–H groups in total. The van der Waals surface area contributed by atoms with Crippen molar-refractivity contribution in [1.29, 1.82) is 0 Å². The number of hydrogen-bond acceptors (Lipinski definition) is 4. The number of fused-ring (bicyclic) bond motifs is 1. The van der Waals surface area contributed by atoms with Gasteiger partial charge in [-0.15, -0.1) is 0 Å². The van der Waals surface area contributed by atoms with E-state index in [1.165, 1.54) is 0 Å². The van der Waals surface area contributed by atoms with Crippen LogP contribution >= 0.6 is 11.8 Å². The van der Waals surface area contributed by atoms with Crippen molar-refractivity contribution in [2.24, 2.45) is 0 Å². The zero-order valence-corrected chi connectivity index (χ0v) is 16.1. The maximum Gasteiger partial charge on any atom is 0.266 e. The van der Waals surface area contributed by atoms with E-state index in [9.17, 15) is 4.79 Å². The van der Waals surface area contributed by atoms with Gasteiger partial charge in [0.2, 0.25) is 0 Å². The summed E-state index contributed by atoms with van der Waals surface area (Å²) in [5.74, 6) is 1.68. The lowest BCUT2D eigenvalue weighted by molar-refractivity contribution is 0.318. The lowest BCUT2D eigenvalue weighted by Crippen LogP contribution is -2.21. The first-order chi connectivity index (χ1) is 13.8. The molecule has 0 radical (unpaired) electrons. The minimum atomic E-state index is -0.0418. The van der Waals surface area contributed by atoms with Crippen LogP contribution < -0.4 is 10.3 Å². The molecule has 0 atom stereocenters. The zero-order valence-electron chi connectivity index (χ0n) is 15.3. The minimum absolute atomic E-state index is 0.0418. The standard InChI is InChI=1S/C23H20N2O2S/c26-22-20-14-7-8-15-21(20)24-23(25(22)18-10-3-1-4-11-18)28-17-9-16-27-19-12-5-2-6-13-19/h1-8,10-15H,9,16-17H2. The van der Waals surface area contributed by atoms with E-state index < -0.39 is 0 Å². The molecule has 3 aromatic carbocycles. The maximum absolute atomic E-state index is 13.1. The van der Waals surface area contributed by atoms with Crippen LogP contribution in [0.2, 0.25) is 0 Å². The average Bonchev–Trinajstić information content (AvgIpc) is 2.75. The fourth-order valence-electron chi connectivity index (χ4n) is 2.94. The minimum Gasteiger partial charge on any atom is -0.494 e. The molecule has 1 heterocycles. The fourth-order valence-corrected chi connectivity index (χ4v) is 3.87. The van der Waals surface area contributed by atoms with E-state index in [1.54, 1.807) is 16.3 Å². The lowest BCUT2D eigenvalue weighted by atomic mass is 10.2. The number of ether oxygens (including phenoxy) is 1. The van der Waals surface area contributed by atoms with Crippen LogP contribution in [-0.4, -0.2) is 21.9 Å². The molecular formula is C23H20N2O2S. The Balaban J connectivity index is 1.54. The molecule has 4 nitrogen and oxygen atoms in total. The number of thioether (sulfide) groups is 1. The molecule has 5 heteroatoms. The Morgan fingerprint density at radius 2 is 1.54 bits per heavy atom. The summed E-state index contributed by atoms with van der Waals surface area (Å²) in [4.78, 5) is 17.9. The monoisotopic (exact) mass is 388 g/mol. The highest BCUT2D eigenvalue weighted by atomic mass is 32.2. The van der Waals surface area contributed by atoms with E-state index in [0.29, 0.717) is 17.1 Å². The summed E-state index contributed by atoms with van der Waals surface area (Å²) in [6.45, 7) is 0.625. The number of benzene rings is 3. The van der Waals surface area contributed by atoms with Gasteiger partial charge in [-0.2, -0.15) is 0 Å². The van der Waals surface area contributed by atoms with Crippen LogP contribution in [0.4, 0.5) is 0 Å². The molecule has 4 aromatic rings. The van der Waals surface area contributed by atoms with Gasteiger partial charge in [0.25, 0.3) is 5.56 Å². The summed E-state index contributed by atoms with van der Waals surface area (Å²) < 4.78 is 7.45. The Bertz CT molecular complexity index is 1110. The molecule has 0 saturated heterocycles. The Labute approximate surface area is 167 Å². The van der Waals surface area contributed by atoms with E-state index in [0.717, 1.165) is 29.1 Å². The van der Waals surface area contributed by atoms with Gasteiger partial charge in [-0.05, 0) is 42.8 Å². The summed E-state index contributed by atoms with van der Waals surface area (Å²) in [5, 5.41) is 1.33. The SMILES string of the molecule is O=c1c2ccccc2nc(SCCCOc2ccccc2)n1-c1ccccc1. The average molecular weight is 388 g/mol. The number of nitrogens with zero attached hydrogens (tertiary/aromatic N) is 2. The van der Waals surface area contributed by atoms with Crippen molar-refractivity contribution < 1.29 is 4.74 Å². The van der Waals surface area contributed by atoms with Crippen LogP contribution in [0.25, 0.3) is 16.6 Å². The van der Waals surface area contributed by atoms with Crippen LogP contribution in [0, 0.1) is 0 Å². The van der Waals surface area contributed by atoms with Gasteiger partial charge >= 0.3 is 0 Å². The molecular weight excluding hydrogens is 368 g/mol. The van der Waals surface area contributed by atoms with Gasteiger partial charge in [0.1, 0.15) is 5.75 Å². The lowest BCUT2D eigenvalue weighted by Gasteiger charge is -2.13. The third kappa shape index (κ3) is 4.10. The topological polar surface area (TPSA) is 44.1 Å². The quantitative estimate of drug-likeness (QED) is 0.255. The van der Waals surface area contributed by atoms with Gasteiger partial charge in [0.15, 0.2) is 5.16 Å². The highest BCUT2D eigenvalue weighted by Crippen LogP contribution is 2.22. The second-order valence-electron chi connectivity index (χ2n) is 6.25. The Kier molecular flexibility index (Phi) is 5.73. The van der Waals surface area contributed by atoms with Crippen molar-refractivity contribution in [3.63, 3.8) is 0 Å². The Hall–Kier alpha value is -3.05. The molecule has 0 aliphatic heterocycles. The van der Waals surface area contributed by atoms with Crippen molar-refractivity contribution in [3.8, 4) is 11.4 Å². The molecule has 1 aromatic heterocycles. The smallest absolute Gasteiger partial charge is 0.266 e. The third-order valence-electron chi connectivity index (χ3n) is 4.29. The van der Waals surface area contributed by atoms with E-state index in [1.807, 2.05) is 84.9 Å². The van der Waals surface area contributed by atoms with E-state index in [4.69, 9.17) is 9.72 Å². The predicted molar refractivity (Wildman–Crippen MR) is 115 cm³/mol. The molecule has 0 unspecified atom stereocenters. The number of rotatable bonds is 7. The first kappa shape index (κ1) is 18.3. The van der Waals surface area contributed by atoms with E-state index in [-0.39, 0.29) is 5.56 Å². The van der Waals surface area contributed by atoms with Gasteiger partial charge in [-0.25, -0.2) is 4.98 Å². The molecule has 4 rings (SSSR count). The Morgan fingerprint density at radius 1 is 0.857 bits per heavy atom. The second-order valence-corrected chi connectivity index (χ2v) is 7.31. The van der Waals surface area contributed by atoms with Crippen LogP contribution in [0.1, 0.15) is 6.42 Å². The normalized spacial score (nSPS) is 10.9. The first-order valence-corrected chi connectivity index (χ1v) is 10.2.